The van der Waals surface area contributed by atoms with E-state index in [4.69, 9.17) is 0 Å². The first kappa shape index (κ1) is 13.6. The Bertz CT molecular complexity index is 698. The number of hydrogen-bond donors (Lipinski definition) is 1. The number of nitrogens with one attached hydrogen (secondary N) is 1. The van der Waals surface area contributed by atoms with Crippen LogP contribution in [-0.4, -0.2) is 26.4 Å². The summed E-state index contributed by atoms with van der Waals surface area (Å²) in [6, 6.07) is 10.1. The Balaban J connectivity index is 1.94. The topological polar surface area (TPSA) is 47.7 Å². The Labute approximate surface area is 124 Å². The fraction of sp³-hybridized carbons (Fsp3) is 0.250. The lowest BCUT2D eigenvalue weighted by molar-refractivity contribution is 0.590. The van der Waals surface area contributed by atoms with Gasteiger partial charge in [0.15, 0.2) is 0 Å². The van der Waals surface area contributed by atoms with E-state index in [-0.39, 0.29) is 6.04 Å². The van der Waals surface area contributed by atoms with Crippen molar-refractivity contribution >= 4 is 0 Å². The largest absolute Gasteiger partial charge is 0.334 e. The second kappa shape index (κ2) is 5.93. The Kier molecular flexibility index (Phi) is 3.83. The molecule has 0 fully saturated rings. The first-order valence-corrected chi connectivity index (χ1v) is 7.11. The average Bonchev–Trinajstić information content (AvgIpc) is 3.19. The van der Waals surface area contributed by atoms with Crippen molar-refractivity contribution in [2.24, 2.45) is 0 Å². The van der Waals surface area contributed by atoms with Crippen molar-refractivity contribution in [2.75, 3.05) is 7.05 Å². The van der Waals surface area contributed by atoms with Gasteiger partial charge in [-0.15, -0.1) is 0 Å². The Morgan fingerprint density at radius 1 is 1.24 bits per heavy atom. The van der Waals surface area contributed by atoms with Crippen LogP contribution in [0.2, 0.25) is 0 Å². The second-order valence-electron chi connectivity index (χ2n) is 4.85. The Morgan fingerprint density at radius 3 is 2.76 bits per heavy atom. The van der Waals surface area contributed by atoms with Gasteiger partial charge >= 0.3 is 0 Å². The molecule has 3 aromatic rings. The summed E-state index contributed by atoms with van der Waals surface area (Å²) in [5.41, 5.74) is 2.15. The average molecular weight is 281 g/mol. The van der Waals surface area contributed by atoms with Gasteiger partial charge in [-0.3, -0.25) is 0 Å². The van der Waals surface area contributed by atoms with Crippen LogP contribution in [0.15, 0.2) is 55.1 Å². The van der Waals surface area contributed by atoms with E-state index < -0.39 is 0 Å². The van der Waals surface area contributed by atoms with E-state index >= 15 is 0 Å². The molecule has 0 saturated carbocycles. The molecule has 1 atom stereocenters. The number of aromatic nitrogens is 4. The predicted octanol–water partition coefficient (Wildman–Crippen LogP) is 2.40. The predicted molar refractivity (Wildman–Crippen MR) is 82.4 cm³/mol. The molecule has 2 heterocycles. The molecule has 0 spiro atoms. The monoisotopic (exact) mass is 281 g/mol. The lowest BCUT2D eigenvalue weighted by Crippen LogP contribution is -2.21. The van der Waals surface area contributed by atoms with Crippen molar-refractivity contribution in [3.8, 4) is 5.69 Å². The summed E-state index contributed by atoms with van der Waals surface area (Å²) < 4.78 is 4.03. The van der Waals surface area contributed by atoms with Gasteiger partial charge in [0, 0.05) is 30.7 Å². The number of imidazole rings is 1. The summed E-state index contributed by atoms with van der Waals surface area (Å²) in [5.74, 6) is 1.01. The van der Waals surface area contributed by atoms with E-state index in [1.54, 1.807) is 0 Å². The maximum Gasteiger partial charge on any atom is 0.130 e. The molecule has 0 aliphatic rings. The van der Waals surface area contributed by atoms with Crippen molar-refractivity contribution in [3.63, 3.8) is 0 Å². The minimum absolute atomic E-state index is 0.0393. The molecule has 0 amide bonds. The minimum Gasteiger partial charge on any atom is -0.334 e. The second-order valence-corrected chi connectivity index (χ2v) is 4.85. The normalized spacial score (nSPS) is 12.5. The van der Waals surface area contributed by atoms with Crippen LogP contribution in [0.4, 0.5) is 0 Å². The van der Waals surface area contributed by atoms with Crippen molar-refractivity contribution in [2.45, 2.75) is 19.5 Å². The quantitative estimate of drug-likeness (QED) is 0.781. The van der Waals surface area contributed by atoms with Gasteiger partial charge in [0.1, 0.15) is 5.82 Å². The van der Waals surface area contributed by atoms with Crippen molar-refractivity contribution in [1.82, 2.24) is 24.6 Å². The first-order valence-electron chi connectivity index (χ1n) is 7.11. The van der Waals surface area contributed by atoms with Crippen LogP contribution < -0.4 is 5.32 Å². The SMILES string of the molecule is CCn1ccnc1C(NC)c1cnn(-c2ccccc2)c1. The molecule has 21 heavy (non-hydrogen) atoms. The van der Waals surface area contributed by atoms with E-state index in [0.717, 1.165) is 23.6 Å². The Hall–Kier alpha value is -2.40. The molecule has 0 aliphatic carbocycles. The molecule has 1 aromatic carbocycles. The number of rotatable bonds is 5. The zero-order valence-corrected chi connectivity index (χ0v) is 12.3. The van der Waals surface area contributed by atoms with Gasteiger partial charge in [0.2, 0.25) is 0 Å². The van der Waals surface area contributed by atoms with Gasteiger partial charge in [-0.25, -0.2) is 9.67 Å². The van der Waals surface area contributed by atoms with Crippen molar-refractivity contribution in [1.29, 1.82) is 0 Å². The van der Waals surface area contributed by atoms with Crippen LogP contribution in [-0.2, 0) is 6.54 Å². The molecule has 0 bridgehead atoms. The smallest absolute Gasteiger partial charge is 0.130 e. The van der Waals surface area contributed by atoms with E-state index in [2.05, 4.69) is 26.9 Å². The molecule has 5 nitrogen and oxygen atoms in total. The van der Waals surface area contributed by atoms with Gasteiger partial charge in [-0.05, 0) is 26.1 Å². The molecule has 0 radical (unpaired) electrons. The molecule has 3 rings (SSSR count). The van der Waals surface area contributed by atoms with Gasteiger partial charge in [0.25, 0.3) is 0 Å². The van der Waals surface area contributed by atoms with Crippen LogP contribution in [0.5, 0.6) is 0 Å². The third kappa shape index (κ3) is 2.60. The van der Waals surface area contributed by atoms with E-state index in [0.29, 0.717) is 0 Å². The minimum atomic E-state index is 0.0393. The molecular weight excluding hydrogens is 262 g/mol. The molecule has 5 heteroatoms. The third-order valence-electron chi connectivity index (χ3n) is 3.59. The maximum absolute atomic E-state index is 4.48. The zero-order chi connectivity index (χ0) is 14.7. The lowest BCUT2D eigenvalue weighted by Gasteiger charge is -2.15. The summed E-state index contributed by atoms with van der Waals surface area (Å²) in [7, 11) is 1.94. The molecule has 2 aromatic heterocycles. The van der Waals surface area contributed by atoms with Crippen LogP contribution >= 0.6 is 0 Å². The third-order valence-corrected chi connectivity index (χ3v) is 3.59. The lowest BCUT2D eigenvalue weighted by atomic mass is 10.1. The highest BCUT2D eigenvalue weighted by Gasteiger charge is 2.18. The fourth-order valence-corrected chi connectivity index (χ4v) is 2.50. The van der Waals surface area contributed by atoms with Gasteiger partial charge in [-0.1, -0.05) is 18.2 Å². The standard InChI is InChI=1S/C16H19N5/c1-3-20-10-9-18-16(20)15(17-2)13-11-19-21(12-13)14-7-5-4-6-8-14/h4-12,15,17H,3H2,1-2H3. The number of nitrogens with zero attached hydrogens (tertiary/aromatic N) is 4. The van der Waals surface area contributed by atoms with Gasteiger partial charge in [0.05, 0.1) is 17.9 Å². The highest BCUT2D eigenvalue weighted by atomic mass is 15.3. The highest BCUT2D eigenvalue weighted by Crippen LogP contribution is 2.21. The van der Waals surface area contributed by atoms with E-state index in [1.807, 2.05) is 66.8 Å². The van der Waals surface area contributed by atoms with Gasteiger partial charge < -0.3 is 9.88 Å². The maximum atomic E-state index is 4.48. The first-order chi connectivity index (χ1) is 10.3. The molecule has 1 unspecified atom stereocenters. The molecule has 108 valence electrons. The van der Waals surface area contributed by atoms with Crippen LogP contribution in [0, 0.1) is 0 Å². The number of benzene rings is 1. The summed E-state index contributed by atoms with van der Waals surface area (Å²) in [6.45, 7) is 3.02. The zero-order valence-electron chi connectivity index (χ0n) is 12.3. The van der Waals surface area contributed by atoms with Crippen molar-refractivity contribution < 1.29 is 0 Å². The van der Waals surface area contributed by atoms with Gasteiger partial charge in [-0.2, -0.15) is 5.10 Å². The number of hydrogen-bond acceptors (Lipinski definition) is 3. The highest BCUT2D eigenvalue weighted by molar-refractivity contribution is 5.32. The summed E-state index contributed by atoms with van der Waals surface area (Å²) in [5, 5.41) is 7.78. The van der Waals surface area contributed by atoms with Crippen LogP contribution in [0.1, 0.15) is 24.4 Å². The molecule has 0 aliphatic heterocycles. The fourth-order valence-electron chi connectivity index (χ4n) is 2.50. The molecular formula is C16H19N5. The number of aryl methyl sites for hydroxylation is 1. The van der Waals surface area contributed by atoms with Crippen LogP contribution in [0.3, 0.4) is 0 Å². The molecule has 0 saturated heterocycles. The number of para-hydroxylation sites is 1. The Morgan fingerprint density at radius 2 is 2.05 bits per heavy atom. The van der Waals surface area contributed by atoms with Crippen LogP contribution in [0.25, 0.3) is 5.69 Å². The van der Waals surface area contributed by atoms with E-state index in [9.17, 15) is 0 Å². The summed E-state index contributed by atoms with van der Waals surface area (Å²) in [6.07, 6.45) is 7.78. The van der Waals surface area contributed by atoms with Crippen molar-refractivity contribution in [3.05, 3.63) is 66.5 Å². The summed E-state index contributed by atoms with van der Waals surface area (Å²) in [4.78, 5) is 4.48. The van der Waals surface area contributed by atoms with E-state index in [1.165, 1.54) is 0 Å². The molecule has 1 N–H and O–H groups in total. The summed E-state index contributed by atoms with van der Waals surface area (Å²) >= 11 is 0.